The molecule has 0 saturated carbocycles. The smallest absolute Gasteiger partial charge is 0.0772 e. The van der Waals surface area contributed by atoms with E-state index in [4.69, 9.17) is 17.3 Å². The lowest BCUT2D eigenvalue weighted by Gasteiger charge is -2.17. The zero-order valence-electron chi connectivity index (χ0n) is 10.3. The molecule has 1 aromatic heterocycles. The quantitative estimate of drug-likeness (QED) is 0.920. The van der Waals surface area contributed by atoms with E-state index in [2.05, 4.69) is 9.88 Å². The van der Waals surface area contributed by atoms with Crippen LogP contribution in [0.5, 0.6) is 0 Å². The molecule has 2 aromatic rings. The van der Waals surface area contributed by atoms with E-state index < -0.39 is 0 Å². The Morgan fingerprint density at radius 1 is 1.17 bits per heavy atom. The fraction of sp³-hybridized carbons (Fsp3) is 0.214. The molecular formula is C14H16ClN3. The van der Waals surface area contributed by atoms with Crippen molar-refractivity contribution in [1.29, 1.82) is 0 Å². The summed E-state index contributed by atoms with van der Waals surface area (Å²) >= 11 is 5.86. The number of nitrogen functional groups attached to an aromatic ring is 1. The molecule has 2 N–H and O–H groups in total. The highest BCUT2D eigenvalue weighted by Crippen LogP contribution is 2.13. The van der Waals surface area contributed by atoms with E-state index in [1.807, 2.05) is 43.4 Å². The third kappa shape index (κ3) is 3.45. The molecule has 3 nitrogen and oxygen atoms in total. The number of benzene rings is 1. The van der Waals surface area contributed by atoms with Crippen molar-refractivity contribution in [3.63, 3.8) is 0 Å². The molecule has 1 aromatic carbocycles. The van der Waals surface area contributed by atoms with Crippen LogP contribution in [0.15, 0.2) is 42.6 Å². The number of rotatable bonds is 4. The van der Waals surface area contributed by atoms with Gasteiger partial charge in [0, 0.05) is 24.3 Å². The van der Waals surface area contributed by atoms with Crippen molar-refractivity contribution in [2.24, 2.45) is 0 Å². The molecule has 1 heterocycles. The number of anilines is 1. The molecule has 4 heteroatoms. The standard InChI is InChI=1S/C14H16ClN3/c1-18(9-11-4-6-12(15)7-5-11)10-14-13(16)3-2-8-17-14/h2-8H,9-10,16H2,1H3. The molecular weight excluding hydrogens is 246 g/mol. The van der Waals surface area contributed by atoms with E-state index in [1.165, 1.54) is 5.56 Å². The Hall–Kier alpha value is -1.58. The number of hydrogen-bond donors (Lipinski definition) is 1. The molecule has 18 heavy (non-hydrogen) atoms. The minimum absolute atomic E-state index is 0.731. The first-order chi connectivity index (χ1) is 8.65. The van der Waals surface area contributed by atoms with Gasteiger partial charge in [0.05, 0.1) is 11.4 Å². The number of nitrogens with two attached hydrogens (primary N) is 1. The number of hydrogen-bond acceptors (Lipinski definition) is 3. The van der Waals surface area contributed by atoms with Gasteiger partial charge in [0.1, 0.15) is 0 Å². The Morgan fingerprint density at radius 3 is 2.56 bits per heavy atom. The predicted molar refractivity (Wildman–Crippen MR) is 75.3 cm³/mol. The van der Waals surface area contributed by atoms with Crippen molar-refractivity contribution >= 4 is 17.3 Å². The molecule has 0 spiro atoms. The van der Waals surface area contributed by atoms with Gasteiger partial charge in [-0.2, -0.15) is 0 Å². The molecule has 0 amide bonds. The van der Waals surface area contributed by atoms with Crippen molar-refractivity contribution in [1.82, 2.24) is 9.88 Å². The summed E-state index contributed by atoms with van der Waals surface area (Å²) in [6.07, 6.45) is 1.77. The zero-order chi connectivity index (χ0) is 13.0. The fourth-order valence-corrected chi connectivity index (χ4v) is 1.92. The second kappa shape index (κ2) is 5.85. The maximum atomic E-state index is 5.88. The van der Waals surface area contributed by atoms with Crippen molar-refractivity contribution < 1.29 is 0 Å². The summed E-state index contributed by atoms with van der Waals surface area (Å²) in [6, 6.07) is 11.6. The SMILES string of the molecule is CN(Cc1ccc(Cl)cc1)Cc1ncccc1N. The summed E-state index contributed by atoms with van der Waals surface area (Å²) in [5, 5.41) is 0.760. The van der Waals surface area contributed by atoms with E-state index in [1.54, 1.807) is 6.20 Å². The van der Waals surface area contributed by atoms with Crippen LogP contribution in [-0.2, 0) is 13.1 Å². The molecule has 0 bridgehead atoms. The number of aromatic nitrogens is 1. The van der Waals surface area contributed by atoms with E-state index >= 15 is 0 Å². The van der Waals surface area contributed by atoms with Crippen molar-refractivity contribution in [3.8, 4) is 0 Å². The Kier molecular flexibility index (Phi) is 4.18. The van der Waals surface area contributed by atoms with Crippen LogP contribution in [-0.4, -0.2) is 16.9 Å². The highest BCUT2D eigenvalue weighted by molar-refractivity contribution is 6.30. The Labute approximate surface area is 112 Å². The number of nitrogens with zero attached hydrogens (tertiary/aromatic N) is 2. The van der Waals surface area contributed by atoms with Gasteiger partial charge in [-0.05, 0) is 36.9 Å². The summed E-state index contributed by atoms with van der Waals surface area (Å²) in [6.45, 7) is 1.57. The van der Waals surface area contributed by atoms with Crippen LogP contribution in [0.1, 0.15) is 11.3 Å². The predicted octanol–water partition coefficient (Wildman–Crippen LogP) is 2.95. The third-order valence-corrected chi connectivity index (χ3v) is 2.96. The maximum absolute atomic E-state index is 5.88. The normalized spacial score (nSPS) is 10.8. The zero-order valence-corrected chi connectivity index (χ0v) is 11.1. The van der Waals surface area contributed by atoms with Gasteiger partial charge in [-0.3, -0.25) is 9.88 Å². The molecule has 0 unspecified atom stereocenters. The Balaban J connectivity index is 1.99. The van der Waals surface area contributed by atoms with Crippen molar-refractivity contribution in [3.05, 3.63) is 58.9 Å². The van der Waals surface area contributed by atoms with Crippen LogP contribution >= 0.6 is 11.6 Å². The molecule has 0 aliphatic rings. The highest BCUT2D eigenvalue weighted by atomic mass is 35.5. The largest absolute Gasteiger partial charge is 0.397 e. The maximum Gasteiger partial charge on any atom is 0.0772 e. The number of halogens is 1. The van der Waals surface area contributed by atoms with Gasteiger partial charge < -0.3 is 5.73 Å². The third-order valence-electron chi connectivity index (χ3n) is 2.71. The van der Waals surface area contributed by atoms with Crippen LogP contribution < -0.4 is 5.73 Å². The molecule has 0 aliphatic heterocycles. The summed E-state index contributed by atoms with van der Waals surface area (Å²) in [7, 11) is 2.04. The first-order valence-corrected chi connectivity index (χ1v) is 6.15. The lowest BCUT2D eigenvalue weighted by atomic mass is 10.2. The summed E-state index contributed by atoms with van der Waals surface area (Å²) in [5.41, 5.74) is 8.74. The lowest BCUT2D eigenvalue weighted by Crippen LogP contribution is -2.18. The monoisotopic (exact) mass is 261 g/mol. The van der Waals surface area contributed by atoms with E-state index in [0.29, 0.717) is 0 Å². The molecule has 0 saturated heterocycles. The molecule has 0 atom stereocenters. The molecule has 2 rings (SSSR count). The first kappa shape index (κ1) is 12.9. The van der Waals surface area contributed by atoms with Gasteiger partial charge in [0.2, 0.25) is 0 Å². The van der Waals surface area contributed by atoms with Crippen LogP contribution in [0.25, 0.3) is 0 Å². The molecule has 0 aliphatic carbocycles. The lowest BCUT2D eigenvalue weighted by molar-refractivity contribution is 0.316. The van der Waals surface area contributed by atoms with Crippen LogP contribution in [0.3, 0.4) is 0 Å². The number of pyridine rings is 1. The Bertz CT molecular complexity index is 511. The summed E-state index contributed by atoms with van der Waals surface area (Å²) < 4.78 is 0. The molecule has 0 radical (unpaired) electrons. The highest BCUT2D eigenvalue weighted by Gasteiger charge is 2.05. The van der Waals surface area contributed by atoms with Gasteiger partial charge in [-0.1, -0.05) is 23.7 Å². The summed E-state index contributed by atoms with van der Waals surface area (Å²) in [5.74, 6) is 0. The van der Waals surface area contributed by atoms with E-state index in [-0.39, 0.29) is 0 Å². The summed E-state index contributed by atoms with van der Waals surface area (Å²) in [4.78, 5) is 6.45. The second-order valence-corrected chi connectivity index (χ2v) is 4.77. The fourth-order valence-electron chi connectivity index (χ4n) is 1.80. The second-order valence-electron chi connectivity index (χ2n) is 4.34. The average molecular weight is 262 g/mol. The minimum Gasteiger partial charge on any atom is -0.397 e. The molecule has 0 fully saturated rings. The first-order valence-electron chi connectivity index (χ1n) is 5.77. The average Bonchev–Trinajstić information content (AvgIpc) is 2.35. The van der Waals surface area contributed by atoms with Crippen molar-refractivity contribution in [2.45, 2.75) is 13.1 Å². The van der Waals surface area contributed by atoms with Gasteiger partial charge >= 0.3 is 0 Å². The van der Waals surface area contributed by atoms with Crippen LogP contribution in [0.4, 0.5) is 5.69 Å². The van der Waals surface area contributed by atoms with Gasteiger partial charge in [-0.15, -0.1) is 0 Å². The Morgan fingerprint density at radius 2 is 1.89 bits per heavy atom. The van der Waals surface area contributed by atoms with E-state index in [9.17, 15) is 0 Å². The molecule has 94 valence electrons. The topological polar surface area (TPSA) is 42.2 Å². The minimum atomic E-state index is 0.731. The van der Waals surface area contributed by atoms with Crippen LogP contribution in [0, 0.1) is 0 Å². The van der Waals surface area contributed by atoms with Crippen molar-refractivity contribution in [2.75, 3.05) is 12.8 Å². The van der Waals surface area contributed by atoms with Gasteiger partial charge in [0.15, 0.2) is 0 Å². The van der Waals surface area contributed by atoms with Crippen LogP contribution in [0.2, 0.25) is 5.02 Å². The van der Waals surface area contributed by atoms with E-state index in [0.717, 1.165) is 29.5 Å². The van der Waals surface area contributed by atoms with Gasteiger partial charge in [-0.25, -0.2) is 0 Å². The van der Waals surface area contributed by atoms with Gasteiger partial charge in [0.25, 0.3) is 0 Å².